The lowest BCUT2D eigenvalue weighted by atomic mass is 9.79. The first kappa shape index (κ1) is 27.9. The summed E-state index contributed by atoms with van der Waals surface area (Å²) in [5.74, 6) is 0.246. The average Bonchev–Trinajstić information content (AvgIpc) is 3.57. The van der Waals surface area contributed by atoms with Gasteiger partial charge < -0.3 is 33.9 Å². The molecule has 1 heterocycles. The minimum atomic E-state index is -0.927. The van der Waals surface area contributed by atoms with Crippen molar-refractivity contribution < 1.29 is 38.7 Å². The lowest BCUT2D eigenvalue weighted by Crippen LogP contribution is -2.24. The molecule has 0 bridgehead atoms. The number of aliphatic hydroxyl groups excluding tert-OH is 1. The third-order valence-corrected chi connectivity index (χ3v) is 6.86. The lowest BCUT2D eigenvalue weighted by molar-refractivity contribution is -0.142. The topological polar surface area (TPSA) is 104 Å². The van der Waals surface area contributed by atoms with Crippen LogP contribution in [0.2, 0.25) is 0 Å². The standard InChI is InChI=1S/C29H30O8.C2H4/c1-3-11-34-19-6-7-20-22(14-19)27(21-8-5-18(33-2)15-24(21)35-12-10-30)28(29(31)32)26(20)17-4-9-23-25(13-17)37-16-36-23;1-2/h4-9,13-15,26-28,30H,3,10-12,16H2,1-2H3,(H,31,32);1-2H2/t26-,27+,28+;/m0./s1. The average molecular weight is 535 g/mol. The molecule has 5 rings (SSSR count). The van der Waals surface area contributed by atoms with E-state index in [2.05, 4.69) is 13.2 Å². The predicted molar refractivity (Wildman–Crippen MR) is 146 cm³/mol. The molecular weight excluding hydrogens is 500 g/mol. The highest BCUT2D eigenvalue weighted by atomic mass is 16.7. The fourth-order valence-corrected chi connectivity index (χ4v) is 5.31. The van der Waals surface area contributed by atoms with Crippen LogP contribution in [-0.2, 0) is 4.79 Å². The first-order valence-electron chi connectivity index (χ1n) is 12.9. The van der Waals surface area contributed by atoms with E-state index in [1.165, 1.54) is 0 Å². The summed E-state index contributed by atoms with van der Waals surface area (Å²) >= 11 is 0. The number of fused-ring (bicyclic) bond motifs is 2. The summed E-state index contributed by atoms with van der Waals surface area (Å²) in [5.41, 5.74) is 3.31. The summed E-state index contributed by atoms with van der Waals surface area (Å²) in [7, 11) is 1.56. The van der Waals surface area contributed by atoms with Gasteiger partial charge in [0.15, 0.2) is 11.5 Å². The molecule has 3 aromatic carbocycles. The fourth-order valence-electron chi connectivity index (χ4n) is 5.31. The molecule has 3 aromatic rings. The van der Waals surface area contributed by atoms with E-state index in [0.29, 0.717) is 40.9 Å². The van der Waals surface area contributed by atoms with Crippen LogP contribution in [0.4, 0.5) is 0 Å². The fraction of sp³-hybridized carbons (Fsp3) is 0.323. The molecule has 0 fully saturated rings. The van der Waals surface area contributed by atoms with Crippen molar-refractivity contribution in [2.75, 3.05) is 33.7 Å². The van der Waals surface area contributed by atoms with Gasteiger partial charge in [-0.25, -0.2) is 0 Å². The Morgan fingerprint density at radius 1 is 0.897 bits per heavy atom. The van der Waals surface area contributed by atoms with Gasteiger partial charge in [0.1, 0.15) is 23.9 Å². The first-order valence-corrected chi connectivity index (χ1v) is 12.9. The maximum atomic E-state index is 13.0. The third-order valence-electron chi connectivity index (χ3n) is 6.86. The molecule has 8 nitrogen and oxygen atoms in total. The zero-order valence-electron chi connectivity index (χ0n) is 22.2. The normalized spacial score (nSPS) is 18.5. The van der Waals surface area contributed by atoms with Gasteiger partial charge in [0, 0.05) is 23.5 Å². The van der Waals surface area contributed by atoms with Gasteiger partial charge in [-0.2, -0.15) is 0 Å². The maximum absolute atomic E-state index is 13.0. The molecule has 0 aromatic heterocycles. The molecule has 0 saturated carbocycles. The molecule has 1 aliphatic heterocycles. The number of aliphatic hydroxyl groups is 1. The Hall–Kier alpha value is -4.17. The molecule has 3 atom stereocenters. The van der Waals surface area contributed by atoms with Crippen molar-refractivity contribution in [1.29, 1.82) is 0 Å². The lowest BCUT2D eigenvalue weighted by Gasteiger charge is -2.25. The van der Waals surface area contributed by atoms with Crippen molar-refractivity contribution >= 4 is 5.97 Å². The zero-order chi connectivity index (χ0) is 27.9. The van der Waals surface area contributed by atoms with Crippen LogP contribution in [-0.4, -0.2) is 49.9 Å². The highest BCUT2D eigenvalue weighted by Gasteiger charge is 2.48. The van der Waals surface area contributed by atoms with Gasteiger partial charge in [-0.15, -0.1) is 13.2 Å². The largest absolute Gasteiger partial charge is 0.497 e. The SMILES string of the molecule is C=C.CCCOc1ccc2c(c1)[C@@H](c1ccc(OC)cc1OCCO)[C@H](C(=O)O)[C@H]2c1ccc2c(c1)OCO2. The molecule has 39 heavy (non-hydrogen) atoms. The Labute approximate surface area is 228 Å². The van der Waals surface area contributed by atoms with E-state index in [-0.39, 0.29) is 20.0 Å². The monoisotopic (exact) mass is 534 g/mol. The van der Waals surface area contributed by atoms with Gasteiger partial charge in [0.25, 0.3) is 0 Å². The van der Waals surface area contributed by atoms with Crippen LogP contribution in [0.15, 0.2) is 67.8 Å². The van der Waals surface area contributed by atoms with E-state index >= 15 is 0 Å². The van der Waals surface area contributed by atoms with Gasteiger partial charge in [0.05, 0.1) is 26.2 Å². The first-order chi connectivity index (χ1) is 19.0. The Bertz CT molecular complexity index is 1300. The molecule has 0 spiro atoms. The van der Waals surface area contributed by atoms with Crippen molar-refractivity contribution in [3.05, 3.63) is 90.0 Å². The zero-order valence-corrected chi connectivity index (χ0v) is 22.2. The number of aliphatic carboxylic acids is 1. The van der Waals surface area contributed by atoms with Gasteiger partial charge >= 0.3 is 5.97 Å². The summed E-state index contributed by atoms with van der Waals surface area (Å²) < 4.78 is 28.3. The molecule has 2 N–H and O–H groups in total. The van der Waals surface area contributed by atoms with Crippen LogP contribution in [0.5, 0.6) is 28.7 Å². The molecule has 0 saturated heterocycles. The van der Waals surface area contributed by atoms with Crippen LogP contribution in [0.1, 0.15) is 47.4 Å². The van der Waals surface area contributed by atoms with Crippen molar-refractivity contribution in [2.24, 2.45) is 5.92 Å². The molecule has 0 amide bonds. The van der Waals surface area contributed by atoms with E-state index in [1.807, 2.05) is 49.4 Å². The number of carboxylic acids is 1. The Morgan fingerprint density at radius 3 is 2.36 bits per heavy atom. The molecule has 0 radical (unpaired) electrons. The summed E-state index contributed by atoms with van der Waals surface area (Å²) in [6.07, 6.45) is 0.857. The third kappa shape index (κ3) is 5.52. The van der Waals surface area contributed by atoms with Gasteiger partial charge in [0.2, 0.25) is 6.79 Å². The molecule has 2 aliphatic rings. The van der Waals surface area contributed by atoms with Crippen LogP contribution in [0.3, 0.4) is 0 Å². The van der Waals surface area contributed by atoms with Crippen LogP contribution in [0, 0.1) is 5.92 Å². The van der Waals surface area contributed by atoms with Crippen LogP contribution < -0.4 is 23.7 Å². The van der Waals surface area contributed by atoms with Crippen molar-refractivity contribution in [1.82, 2.24) is 0 Å². The minimum Gasteiger partial charge on any atom is -0.497 e. The minimum absolute atomic E-state index is 0.0721. The van der Waals surface area contributed by atoms with E-state index in [1.54, 1.807) is 19.2 Å². The van der Waals surface area contributed by atoms with Gasteiger partial charge in [-0.05, 0) is 53.4 Å². The quantitative estimate of drug-likeness (QED) is 0.335. The van der Waals surface area contributed by atoms with Crippen molar-refractivity contribution in [3.63, 3.8) is 0 Å². The summed E-state index contributed by atoms with van der Waals surface area (Å²) in [6.45, 7) is 8.64. The predicted octanol–water partition coefficient (Wildman–Crippen LogP) is 5.36. The molecule has 206 valence electrons. The van der Waals surface area contributed by atoms with E-state index in [9.17, 15) is 15.0 Å². The van der Waals surface area contributed by atoms with E-state index in [4.69, 9.17) is 23.7 Å². The van der Waals surface area contributed by atoms with Gasteiger partial charge in [-0.3, -0.25) is 4.79 Å². The highest BCUT2D eigenvalue weighted by molar-refractivity contribution is 5.78. The number of carboxylic acid groups (broad SMARTS) is 1. The Morgan fingerprint density at radius 2 is 1.64 bits per heavy atom. The number of benzene rings is 3. The number of rotatable bonds is 10. The Kier molecular flexibility index (Phi) is 8.99. The summed E-state index contributed by atoms with van der Waals surface area (Å²) in [6, 6.07) is 16.8. The molecule has 0 unspecified atom stereocenters. The summed E-state index contributed by atoms with van der Waals surface area (Å²) in [4.78, 5) is 13.0. The van der Waals surface area contributed by atoms with Crippen molar-refractivity contribution in [3.8, 4) is 28.7 Å². The maximum Gasteiger partial charge on any atom is 0.308 e. The second-order valence-electron chi connectivity index (χ2n) is 9.05. The second kappa shape index (κ2) is 12.6. The Balaban J connectivity index is 0.00000172. The number of carbonyl (C=O) groups is 1. The summed E-state index contributed by atoms with van der Waals surface area (Å²) in [5, 5.41) is 20.0. The van der Waals surface area contributed by atoms with E-state index < -0.39 is 23.7 Å². The number of hydrogen-bond donors (Lipinski definition) is 2. The van der Waals surface area contributed by atoms with E-state index in [0.717, 1.165) is 23.1 Å². The second-order valence-corrected chi connectivity index (χ2v) is 9.05. The molecule has 8 heteroatoms. The van der Waals surface area contributed by atoms with Gasteiger partial charge in [-0.1, -0.05) is 25.1 Å². The smallest absolute Gasteiger partial charge is 0.308 e. The number of ether oxygens (including phenoxy) is 5. The molecular formula is C31H34O8. The highest BCUT2D eigenvalue weighted by Crippen LogP contribution is 2.56. The molecule has 1 aliphatic carbocycles. The number of methoxy groups -OCH3 is 1. The van der Waals surface area contributed by atoms with Crippen LogP contribution >= 0.6 is 0 Å². The number of hydrogen-bond acceptors (Lipinski definition) is 7. The van der Waals surface area contributed by atoms with Crippen molar-refractivity contribution in [2.45, 2.75) is 25.2 Å². The van der Waals surface area contributed by atoms with Crippen LogP contribution in [0.25, 0.3) is 0 Å².